The molecule has 3 heteroatoms. The molecule has 2 unspecified atom stereocenters. The van der Waals surface area contributed by atoms with E-state index in [-0.39, 0.29) is 0 Å². The summed E-state index contributed by atoms with van der Waals surface area (Å²) in [6.45, 7) is 0. The Labute approximate surface area is 124 Å². The van der Waals surface area contributed by atoms with Crippen LogP contribution in [0.2, 0.25) is 5.02 Å². The average molecular weight is 288 g/mol. The number of hydrogen-bond donors (Lipinski definition) is 1. The Kier molecular flexibility index (Phi) is 3.08. The minimum absolute atomic E-state index is 0.332. The molecule has 2 nitrogen and oxygen atoms in total. The number of nitrogens with one attached hydrogen (secondary N) is 1. The topological polar surface area (TPSA) is 21.3 Å². The summed E-state index contributed by atoms with van der Waals surface area (Å²) in [5.74, 6) is 0.969. The molecule has 2 aromatic carbocycles. The van der Waals surface area contributed by atoms with Gasteiger partial charge in [-0.1, -0.05) is 35.9 Å². The summed E-state index contributed by atoms with van der Waals surface area (Å²) in [5.41, 5.74) is 0. The SMILES string of the molecule is Clc1ccc(OC2CC3CCC(C2)N3)c2ccccc12. The molecule has 1 N–H and O–H groups in total. The van der Waals surface area contributed by atoms with Crippen molar-refractivity contribution in [3.05, 3.63) is 41.4 Å². The van der Waals surface area contributed by atoms with E-state index in [0.29, 0.717) is 18.2 Å². The number of hydrogen-bond acceptors (Lipinski definition) is 2. The van der Waals surface area contributed by atoms with Gasteiger partial charge in [-0.25, -0.2) is 0 Å². The summed E-state index contributed by atoms with van der Waals surface area (Å²) in [7, 11) is 0. The minimum Gasteiger partial charge on any atom is -0.490 e. The Morgan fingerprint density at radius 3 is 2.40 bits per heavy atom. The normalized spacial score (nSPS) is 28.8. The van der Waals surface area contributed by atoms with Gasteiger partial charge < -0.3 is 10.1 Å². The average Bonchev–Trinajstić information content (AvgIpc) is 2.81. The van der Waals surface area contributed by atoms with Gasteiger partial charge in [-0.2, -0.15) is 0 Å². The zero-order valence-electron chi connectivity index (χ0n) is 11.3. The van der Waals surface area contributed by atoms with Crippen molar-refractivity contribution >= 4 is 22.4 Å². The number of rotatable bonds is 2. The molecule has 2 heterocycles. The lowest BCUT2D eigenvalue weighted by Gasteiger charge is -2.30. The van der Waals surface area contributed by atoms with Crippen molar-refractivity contribution in [1.82, 2.24) is 5.32 Å². The Hall–Kier alpha value is -1.25. The van der Waals surface area contributed by atoms with Gasteiger partial charge >= 0.3 is 0 Å². The molecule has 20 heavy (non-hydrogen) atoms. The number of piperidine rings is 1. The first-order valence-electron chi connectivity index (χ1n) is 7.39. The van der Waals surface area contributed by atoms with Crippen molar-refractivity contribution in [2.45, 2.75) is 43.9 Å². The van der Waals surface area contributed by atoms with Crippen LogP contribution in [0.5, 0.6) is 5.75 Å². The van der Waals surface area contributed by atoms with Crippen molar-refractivity contribution < 1.29 is 4.74 Å². The van der Waals surface area contributed by atoms with Gasteiger partial charge in [-0.15, -0.1) is 0 Å². The van der Waals surface area contributed by atoms with E-state index in [0.717, 1.165) is 34.4 Å². The second-order valence-corrected chi connectivity index (χ2v) is 6.35. The maximum atomic E-state index is 6.31. The van der Waals surface area contributed by atoms with Crippen LogP contribution in [0, 0.1) is 0 Å². The fourth-order valence-corrected chi connectivity index (χ4v) is 3.85. The molecule has 2 aliphatic rings. The molecule has 0 spiro atoms. The quantitative estimate of drug-likeness (QED) is 0.896. The summed E-state index contributed by atoms with van der Waals surface area (Å²) in [6, 6.07) is 13.4. The molecule has 2 aliphatic heterocycles. The molecule has 2 fully saturated rings. The third-order valence-electron chi connectivity index (χ3n) is 4.55. The molecule has 2 bridgehead atoms. The molecule has 0 amide bonds. The highest BCUT2D eigenvalue weighted by atomic mass is 35.5. The van der Waals surface area contributed by atoms with Gasteiger partial charge in [0.2, 0.25) is 0 Å². The van der Waals surface area contributed by atoms with Gasteiger partial charge in [-0.05, 0) is 37.8 Å². The molecule has 0 aromatic heterocycles. The lowest BCUT2D eigenvalue weighted by Crippen LogP contribution is -2.42. The Morgan fingerprint density at radius 1 is 0.950 bits per heavy atom. The summed E-state index contributed by atoms with van der Waals surface area (Å²) < 4.78 is 6.31. The first kappa shape index (κ1) is 12.5. The third-order valence-corrected chi connectivity index (χ3v) is 4.88. The van der Waals surface area contributed by atoms with Gasteiger partial charge in [0, 0.05) is 27.9 Å². The molecule has 0 aliphatic carbocycles. The molecule has 2 saturated heterocycles. The van der Waals surface area contributed by atoms with Crippen LogP contribution in [-0.4, -0.2) is 18.2 Å². The summed E-state index contributed by atoms with van der Waals surface area (Å²) in [6.07, 6.45) is 5.16. The van der Waals surface area contributed by atoms with Crippen molar-refractivity contribution in [1.29, 1.82) is 0 Å². The molecule has 0 saturated carbocycles. The number of fused-ring (bicyclic) bond motifs is 3. The van der Waals surface area contributed by atoms with Crippen LogP contribution >= 0.6 is 11.6 Å². The van der Waals surface area contributed by atoms with Crippen LogP contribution in [0.4, 0.5) is 0 Å². The number of ether oxygens (including phenoxy) is 1. The first-order chi connectivity index (χ1) is 9.79. The highest BCUT2D eigenvalue weighted by Gasteiger charge is 2.34. The molecular formula is C17H18ClNO. The second-order valence-electron chi connectivity index (χ2n) is 5.94. The van der Waals surface area contributed by atoms with E-state index in [1.54, 1.807) is 0 Å². The fraction of sp³-hybridized carbons (Fsp3) is 0.412. The predicted octanol–water partition coefficient (Wildman–Crippen LogP) is 4.16. The van der Waals surface area contributed by atoms with Crippen LogP contribution < -0.4 is 10.1 Å². The van der Waals surface area contributed by atoms with Gasteiger partial charge in [-0.3, -0.25) is 0 Å². The highest BCUT2D eigenvalue weighted by Crippen LogP contribution is 2.35. The van der Waals surface area contributed by atoms with Crippen molar-refractivity contribution in [2.24, 2.45) is 0 Å². The number of benzene rings is 2. The Morgan fingerprint density at radius 2 is 1.65 bits per heavy atom. The van der Waals surface area contributed by atoms with E-state index in [1.165, 1.54) is 12.8 Å². The smallest absolute Gasteiger partial charge is 0.127 e. The van der Waals surface area contributed by atoms with E-state index >= 15 is 0 Å². The molecule has 104 valence electrons. The van der Waals surface area contributed by atoms with E-state index < -0.39 is 0 Å². The minimum atomic E-state index is 0.332. The standard InChI is InChI=1S/C17H18ClNO/c18-16-7-8-17(15-4-2-1-3-14(15)16)20-13-9-11-5-6-12(10-13)19-11/h1-4,7-8,11-13,19H,5-6,9-10H2. The summed E-state index contributed by atoms with van der Waals surface area (Å²) in [5, 5.41) is 6.63. The van der Waals surface area contributed by atoms with Gasteiger partial charge in [0.05, 0.1) is 0 Å². The van der Waals surface area contributed by atoms with Crippen LogP contribution in [0.25, 0.3) is 10.8 Å². The Bertz CT molecular complexity index is 630. The summed E-state index contributed by atoms with van der Waals surface area (Å²) in [4.78, 5) is 0. The monoisotopic (exact) mass is 287 g/mol. The Balaban J connectivity index is 1.64. The molecular weight excluding hydrogens is 270 g/mol. The van der Waals surface area contributed by atoms with Crippen LogP contribution in [0.15, 0.2) is 36.4 Å². The predicted molar refractivity (Wildman–Crippen MR) is 82.6 cm³/mol. The fourth-order valence-electron chi connectivity index (χ4n) is 3.62. The van der Waals surface area contributed by atoms with Gasteiger partial charge in [0.15, 0.2) is 0 Å². The van der Waals surface area contributed by atoms with Crippen LogP contribution in [-0.2, 0) is 0 Å². The zero-order chi connectivity index (χ0) is 13.5. The van der Waals surface area contributed by atoms with E-state index in [9.17, 15) is 0 Å². The van der Waals surface area contributed by atoms with Crippen LogP contribution in [0.3, 0.4) is 0 Å². The molecule has 0 radical (unpaired) electrons. The lowest BCUT2D eigenvalue weighted by molar-refractivity contribution is 0.139. The van der Waals surface area contributed by atoms with E-state index in [2.05, 4.69) is 17.4 Å². The maximum Gasteiger partial charge on any atom is 0.127 e. The maximum absolute atomic E-state index is 6.31. The second kappa shape index (κ2) is 4.94. The largest absolute Gasteiger partial charge is 0.490 e. The third kappa shape index (κ3) is 2.17. The van der Waals surface area contributed by atoms with E-state index in [4.69, 9.17) is 16.3 Å². The van der Waals surface area contributed by atoms with Crippen molar-refractivity contribution in [3.63, 3.8) is 0 Å². The van der Waals surface area contributed by atoms with Crippen LogP contribution in [0.1, 0.15) is 25.7 Å². The van der Waals surface area contributed by atoms with Gasteiger partial charge in [0.25, 0.3) is 0 Å². The van der Waals surface area contributed by atoms with Gasteiger partial charge in [0.1, 0.15) is 11.9 Å². The van der Waals surface area contributed by atoms with E-state index in [1.807, 2.05) is 24.3 Å². The highest BCUT2D eigenvalue weighted by molar-refractivity contribution is 6.35. The van der Waals surface area contributed by atoms with Crippen molar-refractivity contribution in [2.75, 3.05) is 0 Å². The van der Waals surface area contributed by atoms with Crippen molar-refractivity contribution in [3.8, 4) is 5.75 Å². The molecule has 2 atom stereocenters. The molecule has 4 rings (SSSR count). The lowest BCUT2D eigenvalue weighted by atomic mass is 10.0. The molecule has 2 aromatic rings. The number of halogens is 1. The first-order valence-corrected chi connectivity index (χ1v) is 7.77. The summed E-state index contributed by atoms with van der Waals surface area (Å²) >= 11 is 6.26. The zero-order valence-corrected chi connectivity index (χ0v) is 12.1.